The predicted octanol–water partition coefficient (Wildman–Crippen LogP) is 3.75. The Bertz CT molecular complexity index is 937. The van der Waals surface area contributed by atoms with Gasteiger partial charge in [0.2, 0.25) is 0 Å². The van der Waals surface area contributed by atoms with Crippen molar-refractivity contribution < 1.29 is 0 Å². The highest BCUT2D eigenvalue weighted by Crippen LogP contribution is 2.17. The van der Waals surface area contributed by atoms with Crippen molar-refractivity contribution >= 4 is 35.8 Å². The highest BCUT2D eigenvalue weighted by Gasteiger charge is 2.11. The maximum atomic E-state index is 4.81. The molecule has 0 aliphatic rings. The van der Waals surface area contributed by atoms with Gasteiger partial charge in [0.15, 0.2) is 5.96 Å². The van der Waals surface area contributed by atoms with Crippen molar-refractivity contribution in [3.8, 4) is 11.3 Å². The normalized spacial score (nSPS) is 11.0. The number of anilines is 1. The van der Waals surface area contributed by atoms with Crippen LogP contribution >= 0.6 is 24.0 Å². The Morgan fingerprint density at radius 2 is 1.83 bits per heavy atom. The number of nitrogens with zero attached hydrogens (tertiary/aromatic N) is 5. The average molecular weight is 519 g/mol. The molecule has 0 bridgehead atoms. The summed E-state index contributed by atoms with van der Waals surface area (Å²) in [6, 6.07) is 14.2. The minimum absolute atomic E-state index is 0. The molecule has 0 radical (unpaired) electrons. The van der Waals surface area contributed by atoms with E-state index in [-0.39, 0.29) is 24.0 Å². The second-order valence-corrected chi connectivity index (χ2v) is 7.02. The van der Waals surface area contributed by atoms with Gasteiger partial charge in [-0.2, -0.15) is 0 Å². The molecule has 7 nitrogen and oxygen atoms in total. The van der Waals surface area contributed by atoms with Crippen LogP contribution in [0.1, 0.15) is 18.3 Å². The number of halogens is 1. The third-order valence-corrected chi connectivity index (χ3v) is 4.49. The molecule has 8 heteroatoms. The van der Waals surface area contributed by atoms with Crippen LogP contribution in [0.15, 0.2) is 59.9 Å². The van der Waals surface area contributed by atoms with Crippen LogP contribution in [-0.2, 0) is 13.1 Å². The number of aromatic nitrogens is 3. The Balaban J connectivity index is 0.00000320. The van der Waals surface area contributed by atoms with Gasteiger partial charge in [0.05, 0.1) is 25.0 Å². The molecule has 2 aromatic heterocycles. The number of nitrogens with one attached hydrogen (secondary N) is 2. The molecule has 2 heterocycles. The van der Waals surface area contributed by atoms with Gasteiger partial charge in [-0.1, -0.05) is 36.4 Å². The van der Waals surface area contributed by atoms with E-state index >= 15 is 0 Å². The molecular weight excluding hydrogens is 489 g/mol. The summed E-state index contributed by atoms with van der Waals surface area (Å²) >= 11 is 0. The molecule has 0 saturated carbocycles. The van der Waals surface area contributed by atoms with Crippen molar-refractivity contribution in [3.63, 3.8) is 0 Å². The summed E-state index contributed by atoms with van der Waals surface area (Å²) in [5.41, 5.74) is 3.23. The number of guanidine groups is 1. The van der Waals surface area contributed by atoms with E-state index in [9.17, 15) is 0 Å². The Morgan fingerprint density at radius 3 is 2.53 bits per heavy atom. The van der Waals surface area contributed by atoms with Crippen molar-refractivity contribution in [2.45, 2.75) is 20.0 Å². The first kappa shape index (κ1) is 23.7. The number of hydrogen-bond donors (Lipinski definition) is 2. The lowest BCUT2D eigenvalue weighted by Gasteiger charge is -2.21. The first-order valence-corrected chi connectivity index (χ1v) is 9.78. The van der Waals surface area contributed by atoms with Crippen LogP contribution in [0.5, 0.6) is 0 Å². The number of H-pyrrole nitrogens is 1. The number of imidazole rings is 1. The van der Waals surface area contributed by atoms with Gasteiger partial charge >= 0.3 is 0 Å². The molecule has 2 N–H and O–H groups in total. The monoisotopic (exact) mass is 519 g/mol. The third-order valence-electron chi connectivity index (χ3n) is 4.49. The van der Waals surface area contributed by atoms with Crippen molar-refractivity contribution in [3.05, 3.63) is 66.2 Å². The van der Waals surface area contributed by atoms with Crippen molar-refractivity contribution in [2.75, 3.05) is 32.6 Å². The zero-order valence-corrected chi connectivity index (χ0v) is 20.3. The number of aliphatic imine (C=N–C) groups is 1. The molecule has 0 saturated heterocycles. The molecule has 160 valence electrons. The van der Waals surface area contributed by atoms with Crippen LogP contribution in [0.4, 0.5) is 5.82 Å². The lowest BCUT2D eigenvalue weighted by molar-refractivity contribution is 0.464. The SMILES string of the molecule is CCNC(=NCc1cccnc1N(C)C)N(C)Cc1ncc(-c2ccccc2)[nH]1.I. The van der Waals surface area contributed by atoms with Crippen LogP contribution < -0.4 is 10.2 Å². The van der Waals surface area contributed by atoms with E-state index in [0.29, 0.717) is 13.1 Å². The summed E-state index contributed by atoms with van der Waals surface area (Å²) in [4.78, 5) is 21.3. The lowest BCUT2D eigenvalue weighted by Crippen LogP contribution is -2.38. The highest BCUT2D eigenvalue weighted by atomic mass is 127. The van der Waals surface area contributed by atoms with Crippen molar-refractivity contribution in [1.82, 2.24) is 25.2 Å². The van der Waals surface area contributed by atoms with Gasteiger partial charge in [0, 0.05) is 39.4 Å². The van der Waals surface area contributed by atoms with E-state index in [1.54, 1.807) is 6.20 Å². The summed E-state index contributed by atoms with van der Waals surface area (Å²) in [6.45, 7) is 4.05. The summed E-state index contributed by atoms with van der Waals surface area (Å²) in [5, 5.41) is 3.36. The fraction of sp³-hybridized carbons (Fsp3) is 0.318. The molecule has 3 rings (SSSR count). The molecule has 0 atom stereocenters. The van der Waals surface area contributed by atoms with Crippen LogP contribution in [0.3, 0.4) is 0 Å². The summed E-state index contributed by atoms with van der Waals surface area (Å²) in [6.07, 6.45) is 3.68. The number of benzene rings is 1. The molecule has 0 aliphatic carbocycles. The van der Waals surface area contributed by atoms with Gasteiger partial charge in [0.25, 0.3) is 0 Å². The molecule has 3 aromatic rings. The Hall–Kier alpha value is -2.62. The standard InChI is InChI=1S/C22H29N7.HI/c1-5-23-22(26-14-18-12-9-13-24-21(18)28(2)3)29(4)16-20-25-15-19(27-20)17-10-7-6-8-11-17;/h6-13,15H,5,14,16H2,1-4H3,(H,23,26)(H,25,27);1H. The van der Waals surface area contributed by atoms with Gasteiger partial charge in [-0.25, -0.2) is 15.0 Å². The number of pyridine rings is 1. The molecule has 0 spiro atoms. The van der Waals surface area contributed by atoms with E-state index in [1.165, 1.54) is 0 Å². The van der Waals surface area contributed by atoms with Gasteiger partial charge in [-0.15, -0.1) is 24.0 Å². The molecule has 0 fully saturated rings. The number of aromatic amines is 1. The first-order chi connectivity index (χ1) is 14.1. The van der Waals surface area contributed by atoms with Gasteiger partial charge in [-0.05, 0) is 18.6 Å². The lowest BCUT2D eigenvalue weighted by atomic mass is 10.2. The molecule has 0 aliphatic heterocycles. The summed E-state index contributed by atoms with van der Waals surface area (Å²) in [7, 11) is 6.00. The fourth-order valence-electron chi connectivity index (χ4n) is 3.09. The largest absolute Gasteiger partial charge is 0.362 e. The van der Waals surface area contributed by atoms with Crippen LogP contribution in [0.25, 0.3) is 11.3 Å². The zero-order valence-electron chi connectivity index (χ0n) is 18.0. The van der Waals surface area contributed by atoms with E-state index in [4.69, 9.17) is 4.99 Å². The average Bonchev–Trinajstić information content (AvgIpc) is 3.20. The maximum Gasteiger partial charge on any atom is 0.194 e. The molecule has 30 heavy (non-hydrogen) atoms. The maximum absolute atomic E-state index is 4.81. The quantitative estimate of drug-likeness (QED) is 0.283. The fourth-order valence-corrected chi connectivity index (χ4v) is 3.09. The van der Waals surface area contributed by atoms with E-state index in [1.807, 2.05) is 56.5 Å². The Labute approximate surface area is 195 Å². The highest BCUT2D eigenvalue weighted by molar-refractivity contribution is 14.0. The first-order valence-electron chi connectivity index (χ1n) is 9.78. The molecule has 0 amide bonds. The van der Waals surface area contributed by atoms with E-state index in [0.717, 1.165) is 41.0 Å². The Kier molecular flexibility index (Phi) is 9.10. The predicted molar refractivity (Wildman–Crippen MR) is 134 cm³/mol. The second kappa shape index (κ2) is 11.5. The molecular formula is C22H30IN7. The number of hydrogen-bond acceptors (Lipinski definition) is 4. The van der Waals surface area contributed by atoms with Crippen LogP contribution in [0.2, 0.25) is 0 Å². The minimum Gasteiger partial charge on any atom is -0.362 e. The van der Waals surface area contributed by atoms with E-state index in [2.05, 4.69) is 50.3 Å². The topological polar surface area (TPSA) is 72.4 Å². The summed E-state index contributed by atoms with van der Waals surface area (Å²) in [5.74, 6) is 2.67. The van der Waals surface area contributed by atoms with Crippen LogP contribution in [0, 0.1) is 0 Å². The van der Waals surface area contributed by atoms with Gasteiger partial charge < -0.3 is 20.1 Å². The summed E-state index contributed by atoms with van der Waals surface area (Å²) < 4.78 is 0. The molecule has 1 aromatic carbocycles. The number of rotatable bonds is 7. The smallest absolute Gasteiger partial charge is 0.194 e. The second-order valence-electron chi connectivity index (χ2n) is 7.02. The van der Waals surface area contributed by atoms with Crippen LogP contribution in [-0.4, -0.2) is 53.5 Å². The van der Waals surface area contributed by atoms with Gasteiger partial charge in [0.1, 0.15) is 11.6 Å². The van der Waals surface area contributed by atoms with Crippen molar-refractivity contribution in [1.29, 1.82) is 0 Å². The van der Waals surface area contributed by atoms with Gasteiger partial charge in [-0.3, -0.25) is 0 Å². The Morgan fingerprint density at radius 1 is 1.07 bits per heavy atom. The third kappa shape index (κ3) is 6.19. The van der Waals surface area contributed by atoms with Crippen molar-refractivity contribution in [2.24, 2.45) is 4.99 Å². The zero-order chi connectivity index (χ0) is 20.6. The van der Waals surface area contributed by atoms with E-state index < -0.39 is 0 Å². The molecule has 0 unspecified atom stereocenters. The minimum atomic E-state index is 0.